The highest BCUT2D eigenvalue weighted by atomic mass is 16.7. The number of ether oxygens (including phenoxy) is 1. The molecule has 27 heavy (non-hydrogen) atoms. The molecule has 0 aliphatic carbocycles. The fraction of sp³-hybridized carbons (Fsp3) is 0.500. The lowest BCUT2D eigenvalue weighted by atomic mass is 10.1. The maximum absolute atomic E-state index is 12.9. The van der Waals surface area contributed by atoms with Gasteiger partial charge in [0.25, 0.3) is 17.6 Å². The molecule has 0 bridgehead atoms. The maximum Gasteiger partial charge on any atom is 0.282 e. The first-order chi connectivity index (χ1) is 12.9. The molecule has 2 saturated heterocycles. The van der Waals surface area contributed by atoms with Crippen LogP contribution in [0.25, 0.3) is 0 Å². The minimum Gasteiger partial charge on any atom is -0.378 e. The standard InChI is InChI=1S/C16H19N5O6/c1-11-8-12(10-27-11)9-18-6-7-19(16(18)17-21(25)26)15(22)13-4-2-3-5-14(13)20(23)24/h2-5,11-12H,6-10H2,1H3. The van der Waals surface area contributed by atoms with Crippen molar-refractivity contribution in [3.8, 4) is 0 Å². The smallest absolute Gasteiger partial charge is 0.282 e. The van der Waals surface area contributed by atoms with Crippen LogP contribution in [0.15, 0.2) is 29.4 Å². The Morgan fingerprint density at radius 2 is 2.04 bits per heavy atom. The van der Waals surface area contributed by atoms with E-state index in [1.807, 2.05) is 6.92 Å². The van der Waals surface area contributed by atoms with Gasteiger partial charge in [0.05, 0.1) is 17.6 Å². The lowest BCUT2D eigenvalue weighted by molar-refractivity contribution is -0.486. The van der Waals surface area contributed by atoms with Crippen molar-refractivity contribution in [2.24, 2.45) is 11.0 Å². The number of guanidine groups is 1. The highest BCUT2D eigenvalue weighted by Crippen LogP contribution is 2.25. The van der Waals surface area contributed by atoms with Gasteiger partial charge < -0.3 is 9.64 Å². The summed E-state index contributed by atoms with van der Waals surface area (Å²) in [6.45, 7) is 3.50. The number of hydrazone groups is 1. The molecule has 0 radical (unpaired) electrons. The van der Waals surface area contributed by atoms with E-state index in [-0.39, 0.29) is 35.8 Å². The van der Waals surface area contributed by atoms with E-state index in [9.17, 15) is 25.0 Å². The van der Waals surface area contributed by atoms with Crippen LogP contribution in [0.2, 0.25) is 0 Å². The monoisotopic (exact) mass is 377 g/mol. The third-order valence-corrected chi connectivity index (χ3v) is 4.63. The number of hydrogen-bond acceptors (Lipinski definition) is 6. The fourth-order valence-corrected chi connectivity index (χ4v) is 3.45. The topological polar surface area (TPSA) is 131 Å². The summed E-state index contributed by atoms with van der Waals surface area (Å²) in [5.74, 6) is -0.595. The molecule has 144 valence electrons. The molecule has 3 rings (SSSR count). The second-order valence-corrected chi connectivity index (χ2v) is 6.56. The second kappa shape index (κ2) is 7.66. The van der Waals surface area contributed by atoms with Crippen LogP contribution in [0.4, 0.5) is 5.69 Å². The van der Waals surface area contributed by atoms with Gasteiger partial charge in [-0.25, -0.2) is 10.1 Å². The molecule has 2 fully saturated rings. The molecular weight excluding hydrogens is 358 g/mol. The van der Waals surface area contributed by atoms with Gasteiger partial charge in [-0.15, -0.1) is 0 Å². The normalized spacial score (nSPS) is 23.8. The first-order valence-electron chi connectivity index (χ1n) is 8.51. The summed E-state index contributed by atoms with van der Waals surface area (Å²) in [6.07, 6.45) is 0.943. The number of benzene rings is 1. The molecule has 0 aromatic heterocycles. The van der Waals surface area contributed by atoms with Gasteiger partial charge in [-0.05, 0) is 19.4 Å². The molecular formula is C16H19N5O6. The Hall–Kier alpha value is -3.08. The van der Waals surface area contributed by atoms with E-state index in [4.69, 9.17) is 4.74 Å². The van der Waals surface area contributed by atoms with Crippen LogP contribution in [-0.4, -0.2) is 64.0 Å². The summed E-state index contributed by atoms with van der Waals surface area (Å²) < 4.78 is 5.52. The molecule has 1 aromatic carbocycles. The quantitative estimate of drug-likeness (QED) is 0.558. The average molecular weight is 377 g/mol. The van der Waals surface area contributed by atoms with E-state index in [1.54, 1.807) is 4.90 Å². The Bertz CT molecular complexity index is 797. The summed E-state index contributed by atoms with van der Waals surface area (Å²) in [7, 11) is 0. The zero-order chi connectivity index (χ0) is 19.6. The van der Waals surface area contributed by atoms with Gasteiger partial charge in [-0.2, -0.15) is 0 Å². The molecule has 1 amide bonds. The molecule has 0 N–H and O–H groups in total. The van der Waals surface area contributed by atoms with Gasteiger partial charge in [-0.3, -0.25) is 19.8 Å². The van der Waals surface area contributed by atoms with Crippen LogP contribution in [-0.2, 0) is 4.74 Å². The van der Waals surface area contributed by atoms with Crippen molar-refractivity contribution in [3.63, 3.8) is 0 Å². The number of rotatable bonds is 5. The van der Waals surface area contributed by atoms with Gasteiger partial charge in [0, 0.05) is 31.6 Å². The summed E-state index contributed by atoms with van der Waals surface area (Å²) >= 11 is 0. The van der Waals surface area contributed by atoms with Gasteiger partial charge >= 0.3 is 0 Å². The molecule has 11 heteroatoms. The van der Waals surface area contributed by atoms with Crippen molar-refractivity contribution < 1.29 is 19.5 Å². The Labute approximate surface area is 154 Å². The Kier molecular flexibility index (Phi) is 5.31. The van der Waals surface area contributed by atoms with Crippen molar-refractivity contribution in [1.82, 2.24) is 9.80 Å². The second-order valence-electron chi connectivity index (χ2n) is 6.56. The van der Waals surface area contributed by atoms with E-state index < -0.39 is 15.9 Å². The third-order valence-electron chi connectivity index (χ3n) is 4.63. The first-order valence-corrected chi connectivity index (χ1v) is 8.51. The minimum atomic E-state index is -0.860. The fourth-order valence-electron chi connectivity index (χ4n) is 3.45. The van der Waals surface area contributed by atoms with Crippen LogP contribution in [0, 0.1) is 26.1 Å². The van der Waals surface area contributed by atoms with Gasteiger partial charge in [0.15, 0.2) is 5.03 Å². The van der Waals surface area contributed by atoms with Gasteiger partial charge in [0.2, 0.25) is 0 Å². The molecule has 1 aromatic rings. The number of amides is 1. The Morgan fingerprint density at radius 3 is 2.67 bits per heavy atom. The molecule has 2 unspecified atom stereocenters. The molecule has 0 saturated carbocycles. The van der Waals surface area contributed by atoms with Crippen LogP contribution >= 0.6 is 0 Å². The number of para-hydroxylation sites is 1. The van der Waals surface area contributed by atoms with Crippen molar-refractivity contribution in [3.05, 3.63) is 50.1 Å². The third kappa shape index (κ3) is 4.03. The highest BCUT2D eigenvalue weighted by Gasteiger charge is 2.38. The molecule has 2 heterocycles. The highest BCUT2D eigenvalue weighted by molar-refractivity contribution is 6.08. The van der Waals surface area contributed by atoms with Crippen molar-refractivity contribution >= 4 is 17.6 Å². The van der Waals surface area contributed by atoms with E-state index in [2.05, 4.69) is 5.10 Å². The average Bonchev–Trinajstić information content (AvgIpc) is 3.20. The molecule has 11 nitrogen and oxygen atoms in total. The SMILES string of the molecule is CC1CC(CN2CCN(C(=O)c3ccccc3[N+](=O)[O-])C2=N[N+](=O)[O-])CO1. The van der Waals surface area contributed by atoms with E-state index in [1.165, 1.54) is 24.3 Å². The van der Waals surface area contributed by atoms with Crippen molar-refractivity contribution in [1.29, 1.82) is 0 Å². The van der Waals surface area contributed by atoms with Crippen LogP contribution in [0.1, 0.15) is 23.7 Å². The van der Waals surface area contributed by atoms with Crippen LogP contribution < -0.4 is 0 Å². The number of carbonyl (C=O) groups is 1. The van der Waals surface area contributed by atoms with Gasteiger partial charge in [0.1, 0.15) is 10.7 Å². The van der Waals surface area contributed by atoms with E-state index >= 15 is 0 Å². The number of nitrogens with zero attached hydrogens (tertiary/aromatic N) is 5. The minimum absolute atomic E-state index is 0.0947. The summed E-state index contributed by atoms with van der Waals surface area (Å²) in [6, 6.07) is 5.52. The molecule has 0 spiro atoms. The largest absolute Gasteiger partial charge is 0.378 e. The first kappa shape index (κ1) is 18.7. The summed E-state index contributed by atoms with van der Waals surface area (Å²) in [5, 5.41) is 24.7. The Balaban J connectivity index is 1.85. The summed E-state index contributed by atoms with van der Waals surface area (Å²) in [4.78, 5) is 37.2. The van der Waals surface area contributed by atoms with Crippen molar-refractivity contribution in [2.75, 3.05) is 26.2 Å². The maximum atomic E-state index is 12.9. The number of nitro benzene ring substituents is 1. The summed E-state index contributed by atoms with van der Waals surface area (Å²) in [5.41, 5.74) is -0.474. The van der Waals surface area contributed by atoms with Gasteiger partial charge in [-0.1, -0.05) is 12.1 Å². The molecule has 2 atom stereocenters. The lowest BCUT2D eigenvalue weighted by Gasteiger charge is -2.21. The predicted molar refractivity (Wildman–Crippen MR) is 93.7 cm³/mol. The zero-order valence-electron chi connectivity index (χ0n) is 14.7. The van der Waals surface area contributed by atoms with Crippen LogP contribution in [0.5, 0.6) is 0 Å². The van der Waals surface area contributed by atoms with Crippen LogP contribution in [0.3, 0.4) is 0 Å². The lowest BCUT2D eigenvalue weighted by Crippen LogP contribution is -2.40. The predicted octanol–water partition coefficient (Wildman–Crippen LogP) is 1.33. The molecule has 2 aliphatic heterocycles. The Morgan fingerprint density at radius 1 is 1.30 bits per heavy atom. The number of nitro groups is 2. The van der Waals surface area contributed by atoms with E-state index in [0.29, 0.717) is 19.7 Å². The number of carbonyl (C=O) groups excluding carboxylic acids is 1. The van der Waals surface area contributed by atoms with E-state index in [0.717, 1.165) is 11.3 Å². The molecule has 2 aliphatic rings. The van der Waals surface area contributed by atoms with Crippen molar-refractivity contribution in [2.45, 2.75) is 19.4 Å². The number of hydrogen-bond donors (Lipinski definition) is 0. The zero-order valence-corrected chi connectivity index (χ0v) is 14.7.